The number of rotatable bonds is 10. The Labute approximate surface area is 256 Å². The first-order valence-electron chi connectivity index (χ1n) is 13.5. The second-order valence-electron chi connectivity index (χ2n) is 9.87. The van der Waals surface area contributed by atoms with Crippen molar-refractivity contribution in [2.24, 2.45) is 0 Å². The average Bonchev–Trinajstić information content (AvgIpc) is 3.04. The molecular weight excluding hydrogens is 590 g/mol. The number of alkyl carbamates (subject to hydrolysis) is 1. The summed E-state index contributed by atoms with van der Waals surface area (Å²) in [6.07, 6.45) is -1.64. The molecule has 226 valence electrons. The monoisotopic (exact) mass is 617 g/mol. The number of hydrogen-bond donors (Lipinski definition) is 1. The Hall–Kier alpha value is -5.17. The Kier molecular flexibility index (Phi) is 9.24. The Morgan fingerprint density at radius 2 is 1.57 bits per heavy atom. The second kappa shape index (κ2) is 13.4. The maximum absolute atomic E-state index is 13.8. The van der Waals surface area contributed by atoms with Crippen molar-refractivity contribution in [2.45, 2.75) is 31.1 Å². The van der Waals surface area contributed by atoms with Crippen LogP contribution in [0.25, 0.3) is 0 Å². The number of amides is 2. The molecule has 0 aliphatic carbocycles. The third-order valence-corrected chi connectivity index (χ3v) is 8.25. The number of β-lactam (4-membered cyclic amide) rings is 1. The third-order valence-electron chi connectivity index (χ3n) is 6.91. The summed E-state index contributed by atoms with van der Waals surface area (Å²) in [6.45, 7) is 0.867. The fourth-order valence-corrected chi connectivity index (χ4v) is 6.08. The van der Waals surface area contributed by atoms with Crippen LogP contribution in [0.4, 0.5) is 10.5 Å². The molecule has 0 radical (unpaired) electrons. The van der Waals surface area contributed by atoms with Gasteiger partial charge in [0.2, 0.25) is 0 Å². The summed E-state index contributed by atoms with van der Waals surface area (Å²) in [7, 11) is 0. The Morgan fingerprint density at radius 1 is 0.955 bits per heavy atom. The van der Waals surface area contributed by atoms with Crippen molar-refractivity contribution >= 4 is 41.4 Å². The number of nitro benzene ring substituents is 1. The Bertz CT molecular complexity index is 1560. The predicted molar refractivity (Wildman–Crippen MR) is 158 cm³/mol. The number of esters is 2. The molecule has 2 amide bonds. The van der Waals surface area contributed by atoms with Crippen LogP contribution in [0.15, 0.2) is 96.2 Å². The van der Waals surface area contributed by atoms with Gasteiger partial charge in [0.25, 0.3) is 11.6 Å². The van der Waals surface area contributed by atoms with Gasteiger partial charge in [-0.25, -0.2) is 9.59 Å². The highest BCUT2D eigenvalue weighted by molar-refractivity contribution is 8.00. The minimum absolute atomic E-state index is 0.0332. The van der Waals surface area contributed by atoms with Crippen molar-refractivity contribution in [1.82, 2.24) is 10.2 Å². The number of carbonyl (C=O) groups excluding carboxylic acids is 4. The summed E-state index contributed by atoms with van der Waals surface area (Å²) >= 11 is 1.29. The van der Waals surface area contributed by atoms with Crippen LogP contribution < -0.4 is 5.32 Å². The standard InChI is InChI=1S/C31H27N3O9S/c1-19(35)41-17-23-18-44-29-25(32-31(38)42-16-20-12-14-24(15-13-20)34(39)40)28(36)33(29)26(23)30(37)43-27(21-8-4-2-5-9-21)22-10-6-3-7-11-22/h2-15,25,27,29H,16-18H2,1H3,(H,32,38)/t25-,29-/m1/s1. The van der Waals surface area contributed by atoms with Crippen LogP contribution in [0.2, 0.25) is 0 Å². The molecule has 2 heterocycles. The van der Waals surface area contributed by atoms with Gasteiger partial charge in [-0.3, -0.25) is 24.6 Å². The first-order valence-corrected chi connectivity index (χ1v) is 14.6. The molecule has 0 aromatic heterocycles. The summed E-state index contributed by atoms with van der Waals surface area (Å²) in [5, 5.41) is 12.7. The highest BCUT2D eigenvalue weighted by Gasteiger charge is 2.55. The maximum Gasteiger partial charge on any atom is 0.408 e. The number of benzene rings is 3. The van der Waals surface area contributed by atoms with Crippen molar-refractivity contribution in [3.63, 3.8) is 0 Å². The summed E-state index contributed by atoms with van der Waals surface area (Å²) in [6, 6.07) is 22.8. The lowest BCUT2D eigenvalue weighted by Gasteiger charge is -2.49. The second-order valence-corrected chi connectivity index (χ2v) is 11.0. The summed E-state index contributed by atoms with van der Waals surface area (Å²) in [4.78, 5) is 62.9. The third kappa shape index (κ3) is 6.73. The molecule has 0 unspecified atom stereocenters. The minimum atomic E-state index is -0.985. The van der Waals surface area contributed by atoms with Crippen molar-refractivity contribution < 1.29 is 38.3 Å². The van der Waals surface area contributed by atoms with Gasteiger partial charge >= 0.3 is 18.0 Å². The van der Waals surface area contributed by atoms with Gasteiger partial charge in [-0.15, -0.1) is 11.8 Å². The summed E-state index contributed by atoms with van der Waals surface area (Å²) in [5.41, 5.74) is 2.24. The molecule has 0 saturated carbocycles. The van der Waals surface area contributed by atoms with Crippen LogP contribution in [0.3, 0.4) is 0 Å². The number of carbonyl (C=O) groups is 4. The van der Waals surface area contributed by atoms with Gasteiger partial charge in [-0.2, -0.15) is 0 Å². The SMILES string of the molecule is CC(=O)OCC1=C(C(=O)OC(c2ccccc2)c2ccccc2)N2C(=O)[C@@H](NC(=O)OCc3ccc([N+](=O)[O-])cc3)[C@H]2SC1. The smallest absolute Gasteiger partial charge is 0.408 e. The van der Waals surface area contributed by atoms with Crippen LogP contribution in [-0.2, 0) is 35.2 Å². The van der Waals surface area contributed by atoms with E-state index < -0.39 is 46.4 Å². The normalized spacial score (nSPS) is 17.3. The molecule has 5 rings (SSSR count). The molecule has 1 N–H and O–H groups in total. The van der Waals surface area contributed by atoms with Crippen LogP contribution in [0.1, 0.15) is 29.7 Å². The molecule has 0 bridgehead atoms. The molecule has 13 heteroatoms. The molecule has 0 spiro atoms. The van der Waals surface area contributed by atoms with E-state index >= 15 is 0 Å². The van der Waals surface area contributed by atoms with E-state index in [1.165, 1.54) is 47.9 Å². The van der Waals surface area contributed by atoms with Gasteiger partial charge in [-0.1, -0.05) is 60.7 Å². The van der Waals surface area contributed by atoms with Crippen molar-refractivity contribution in [3.8, 4) is 0 Å². The number of thioether (sulfide) groups is 1. The van der Waals surface area contributed by atoms with E-state index in [-0.39, 0.29) is 30.4 Å². The van der Waals surface area contributed by atoms with Gasteiger partial charge in [-0.05, 0) is 28.8 Å². The fraction of sp³-hybridized carbons (Fsp3) is 0.226. The number of nitrogens with one attached hydrogen (secondary N) is 1. The zero-order chi connectivity index (χ0) is 31.2. The van der Waals surface area contributed by atoms with E-state index in [0.717, 1.165) is 11.1 Å². The zero-order valence-corrected chi connectivity index (χ0v) is 24.2. The molecule has 3 aromatic carbocycles. The number of nitro groups is 1. The molecule has 3 aromatic rings. The minimum Gasteiger partial charge on any atom is -0.461 e. The molecule has 2 atom stereocenters. The molecule has 12 nitrogen and oxygen atoms in total. The van der Waals surface area contributed by atoms with Crippen LogP contribution in [-0.4, -0.2) is 57.5 Å². The van der Waals surface area contributed by atoms with Crippen LogP contribution in [0.5, 0.6) is 0 Å². The molecule has 1 saturated heterocycles. The van der Waals surface area contributed by atoms with Gasteiger partial charge < -0.3 is 19.5 Å². The van der Waals surface area contributed by atoms with E-state index in [1.807, 2.05) is 60.7 Å². The lowest BCUT2D eigenvalue weighted by Crippen LogP contribution is -2.70. The fourth-order valence-electron chi connectivity index (χ4n) is 4.75. The quantitative estimate of drug-likeness (QED) is 0.115. The molecule has 1 fully saturated rings. The number of nitrogens with zero attached hydrogens (tertiary/aromatic N) is 2. The highest BCUT2D eigenvalue weighted by Crippen LogP contribution is 2.41. The first kappa shape index (κ1) is 30.3. The first-order chi connectivity index (χ1) is 21.2. The van der Waals surface area contributed by atoms with Gasteiger partial charge in [0.05, 0.1) is 4.92 Å². The summed E-state index contributed by atoms with van der Waals surface area (Å²) < 4.78 is 16.4. The maximum atomic E-state index is 13.8. The van der Waals surface area contributed by atoms with E-state index in [9.17, 15) is 29.3 Å². The lowest BCUT2D eigenvalue weighted by atomic mass is 10.0. The van der Waals surface area contributed by atoms with Crippen molar-refractivity contribution in [1.29, 1.82) is 0 Å². The highest BCUT2D eigenvalue weighted by atomic mass is 32.2. The largest absolute Gasteiger partial charge is 0.461 e. The Morgan fingerprint density at radius 3 is 2.14 bits per heavy atom. The van der Waals surface area contributed by atoms with Gasteiger partial charge in [0.1, 0.15) is 30.3 Å². The van der Waals surface area contributed by atoms with E-state index in [4.69, 9.17) is 14.2 Å². The van der Waals surface area contributed by atoms with E-state index in [2.05, 4.69) is 5.32 Å². The topological polar surface area (TPSA) is 154 Å². The van der Waals surface area contributed by atoms with Crippen molar-refractivity contribution in [2.75, 3.05) is 12.4 Å². The van der Waals surface area contributed by atoms with E-state index in [1.54, 1.807) is 0 Å². The number of ether oxygens (including phenoxy) is 3. The van der Waals surface area contributed by atoms with Gasteiger partial charge in [0.15, 0.2) is 6.10 Å². The average molecular weight is 618 g/mol. The molecule has 44 heavy (non-hydrogen) atoms. The number of fused-ring (bicyclic) bond motifs is 1. The van der Waals surface area contributed by atoms with Crippen LogP contribution in [0, 0.1) is 10.1 Å². The van der Waals surface area contributed by atoms with Crippen molar-refractivity contribution in [3.05, 3.63) is 123 Å². The molecule has 2 aliphatic rings. The molecule has 2 aliphatic heterocycles. The lowest BCUT2D eigenvalue weighted by molar-refractivity contribution is -0.384. The number of non-ortho nitro benzene ring substituents is 1. The zero-order valence-electron chi connectivity index (χ0n) is 23.4. The van der Waals surface area contributed by atoms with Crippen LogP contribution >= 0.6 is 11.8 Å². The van der Waals surface area contributed by atoms with Gasteiger partial charge in [0, 0.05) is 30.4 Å². The predicted octanol–water partition coefficient (Wildman–Crippen LogP) is 4.25. The summed E-state index contributed by atoms with van der Waals surface area (Å²) in [5.74, 6) is -1.64. The molecular formula is C31H27N3O9S. The Balaban J connectivity index is 1.32. The van der Waals surface area contributed by atoms with E-state index in [0.29, 0.717) is 11.1 Å². The number of hydrogen-bond acceptors (Lipinski definition) is 10.